The van der Waals surface area contributed by atoms with Gasteiger partial charge in [-0.3, -0.25) is 0 Å². The van der Waals surface area contributed by atoms with Gasteiger partial charge in [-0.05, 0) is 36.7 Å². The van der Waals surface area contributed by atoms with Gasteiger partial charge < -0.3 is 15.1 Å². The summed E-state index contributed by atoms with van der Waals surface area (Å²) in [7, 11) is 2.21. The molecule has 0 amide bonds. The molecule has 0 saturated carbocycles. The molecular formula is C14H21N3. The predicted molar refractivity (Wildman–Crippen MR) is 71.4 cm³/mol. The van der Waals surface area contributed by atoms with Crippen molar-refractivity contribution in [2.45, 2.75) is 20.0 Å². The molecule has 0 atom stereocenters. The van der Waals surface area contributed by atoms with Gasteiger partial charge in [-0.1, -0.05) is 6.07 Å². The van der Waals surface area contributed by atoms with Gasteiger partial charge in [0.05, 0.1) is 0 Å². The molecule has 1 aromatic carbocycles. The van der Waals surface area contributed by atoms with E-state index in [0.29, 0.717) is 0 Å². The van der Waals surface area contributed by atoms with Crippen molar-refractivity contribution in [2.24, 2.45) is 0 Å². The quantitative estimate of drug-likeness (QED) is 0.787. The lowest BCUT2D eigenvalue weighted by Crippen LogP contribution is -2.44. The van der Waals surface area contributed by atoms with E-state index < -0.39 is 0 Å². The van der Waals surface area contributed by atoms with Crippen molar-refractivity contribution < 1.29 is 0 Å². The predicted octanol–water partition coefficient (Wildman–Crippen LogP) is 1.35. The maximum absolute atomic E-state index is 3.48. The van der Waals surface area contributed by atoms with E-state index in [1.807, 2.05) is 0 Å². The van der Waals surface area contributed by atoms with Crippen LogP contribution in [0.4, 0.5) is 5.69 Å². The Kier molecular flexibility index (Phi) is 2.81. The second-order valence-corrected chi connectivity index (χ2v) is 5.25. The van der Waals surface area contributed by atoms with E-state index in [2.05, 4.69) is 41.2 Å². The van der Waals surface area contributed by atoms with Gasteiger partial charge >= 0.3 is 0 Å². The number of nitrogens with zero attached hydrogens (tertiary/aromatic N) is 2. The molecule has 2 aliphatic rings. The average molecular weight is 231 g/mol. The monoisotopic (exact) mass is 231 g/mol. The van der Waals surface area contributed by atoms with E-state index in [1.165, 1.54) is 35.5 Å². The molecule has 1 aromatic rings. The standard InChI is InChI=1S/C14H21N3/c1-11-3-4-14(13-10-15-9-12(11)13)17-7-5-16(2)6-8-17/h3-4,15H,5-10H2,1-2H3. The molecule has 0 spiro atoms. The van der Waals surface area contributed by atoms with Crippen LogP contribution in [0.15, 0.2) is 12.1 Å². The number of aryl methyl sites for hydroxylation is 1. The Hall–Kier alpha value is -1.06. The Labute approximate surface area is 103 Å². The normalized spacial score (nSPS) is 20.7. The minimum Gasteiger partial charge on any atom is -0.369 e. The molecule has 92 valence electrons. The summed E-state index contributed by atoms with van der Waals surface area (Å²) in [6.45, 7) is 8.98. The Morgan fingerprint density at radius 1 is 1.00 bits per heavy atom. The van der Waals surface area contributed by atoms with Gasteiger partial charge in [0.25, 0.3) is 0 Å². The number of hydrogen-bond acceptors (Lipinski definition) is 3. The topological polar surface area (TPSA) is 18.5 Å². The molecule has 3 nitrogen and oxygen atoms in total. The van der Waals surface area contributed by atoms with Crippen molar-refractivity contribution in [2.75, 3.05) is 38.1 Å². The fourth-order valence-electron chi connectivity index (χ4n) is 2.90. The van der Waals surface area contributed by atoms with E-state index in [9.17, 15) is 0 Å². The lowest BCUT2D eigenvalue weighted by atomic mass is 10.0. The minimum atomic E-state index is 1.04. The first-order chi connectivity index (χ1) is 8.25. The largest absolute Gasteiger partial charge is 0.369 e. The van der Waals surface area contributed by atoms with Crippen LogP contribution < -0.4 is 10.2 Å². The molecule has 2 aliphatic heterocycles. The molecule has 1 N–H and O–H groups in total. The number of rotatable bonds is 1. The molecule has 0 aromatic heterocycles. The molecule has 3 heteroatoms. The molecule has 0 unspecified atom stereocenters. The fraction of sp³-hybridized carbons (Fsp3) is 0.571. The molecule has 0 bridgehead atoms. The van der Waals surface area contributed by atoms with Crippen LogP contribution in [0.1, 0.15) is 16.7 Å². The fourth-order valence-corrected chi connectivity index (χ4v) is 2.90. The van der Waals surface area contributed by atoms with Gasteiger partial charge in [-0.2, -0.15) is 0 Å². The Morgan fingerprint density at radius 3 is 2.47 bits per heavy atom. The summed E-state index contributed by atoms with van der Waals surface area (Å²) in [5, 5.41) is 3.48. The van der Waals surface area contributed by atoms with Gasteiger partial charge in [0, 0.05) is 45.0 Å². The summed E-state index contributed by atoms with van der Waals surface area (Å²) in [6.07, 6.45) is 0. The molecule has 0 radical (unpaired) electrons. The number of piperazine rings is 1. The summed E-state index contributed by atoms with van der Waals surface area (Å²) in [5.41, 5.74) is 5.96. The third-order valence-corrected chi connectivity index (χ3v) is 4.09. The Balaban J connectivity index is 1.91. The minimum absolute atomic E-state index is 1.04. The number of likely N-dealkylation sites (N-methyl/N-ethyl adjacent to an activating group) is 1. The van der Waals surface area contributed by atoms with Crippen molar-refractivity contribution >= 4 is 5.69 Å². The summed E-state index contributed by atoms with van der Waals surface area (Å²) in [6, 6.07) is 4.59. The molecule has 0 aliphatic carbocycles. The lowest BCUT2D eigenvalue weighted by molar-refractivity contribution is 0.312. The number of benzene rings is 1. The molecular weight excluding hydrogens is 210 g/mol. The third kappa shape index (κ3) is 1.94. The first kappa shape index (κ1) is 11.1. The molecule has 2 heterocycles. The highest BCUT2D eigenvalue weighted by molar-refractivity contribution is 5.60. The van der Waals surface area contributed by atoms with Crippen LogP contribution in [0, 0.1) is 6.92 Å². The summed E-state index contributed by atoms with van der Waals surface area (Å²) < 4.78 is 0. The maximum Gasteiger partial charge on any atom is 0.0416 e. The van der Waals surface area contributed by atoms with Crippen molar-refractivity contribution in [1.82, 2.24) is 10.2 Å². The number of fused-ring (bicyclic) bond motifs is 1. The first-order valence-electron chi connectivity index (χ1n) is 6.51. The zero-order valence-electron chi connectivity index (χ0n) is 10.8. The van der Waals surface area contributed by atoms with E-state index in [0.717, 1.165) is 26.2 Å². The summed E-state index contributed by atoms with van der Waals surface area (Å²) in [4.78, 5) is 4.95. The van der Waals surface area contributed by atoms with Crippen molar-refractivity contribution in [3.05, 3.63) is 28.8 Å². The maximum atomic E-state index is 3.48. The number of nitrogens with one attached hydrogen (secondary N) is 1. The molecule has 1 saturated heterocycles. The lowest BCUT2D eigenvalue weighted by Gasteiger charge is -2.35. The number of anilines is 1. The van der Waals surface area contributed by atoms with Gasteiger partial charge in [0.15, 0.2) is 0 Å². The second kappa shape index (κ2) is 4.31. The number of hydrogen-bond donors (Lipinski definition) is 1. The first-order valence-corrected chi connectivity index (χ1v) is 6.51. The highest BCUT2D eigenvalue weighted by Gasteiger charge is 2.21. The summed E-state index contributed by atoms with van der Waals surface area (Å²) >= 11 is 0. The van der Waals surface area contributed by atoms with Crippen LogP contribution in [-0.2, 0) is 13.1 Å². The van der Waals surface area contributed by atoms with Crippen molar-refractivity contribution in [1.29, 1.82) is 0 Å². The third-order valence-electron chi connectivity index (χ3n) is 4.09. The van der Waals surface area contributed by atoms with Gasteiger partial charge in [0.2, 0.25) is 0 Å². The Morgan fingerprint density at radius 2 is 1.71 bits per heavy atom. The zero-order chi connectivity index (χ0) is 11.8. The van der Waals surface area contributed by atoms with E-state index in [4.69, 9.17) is 0 Å². The van der Waals surface area contributed by atoms with E-state index in [1.54, 1.807) is 0 Å². The van der Waals surface area contributed by atoms with Crippen LogP contribution in [-0.4, -0.2) is 38.1 Å². The van der Waals surface area contributed by atoms with E-state index >= 15 is 0 Å². The van der Waals surface area contributed by atoms with Crippen LogP contribution in [0.5, 0.6) is 0 Å². The smallest absolute Gasteiger partial charge is 0.0416 e. The molecule has 1 fully saturated rings. The van der Waals surface area contributed by atoms with Crippen LogP contribution in [0.25, 0.3) is 0 Å². The molecule has 17 heavy (non-hydrogen) atoms. The summed E-state index contributed by atoms with van der Waals surface area (Å²) in [5.74, 6) is 0. The van der Waals surface area contributed by atoms with Crippen LogP contribution in [0.3, 0.4) is 0 Å². The van der Waals surface area contributed by atoms with E-state index in [-0.39, 0.29) is 0 Å². The zero-order valence-corrected chi connectivity index (χ0v) is 10.8. The van der Waals surface area contributed by atoms with Gasteiger partial charge in [0.1, 0.15) is 0 Å². The van der Waals surface area contributed by atoms with Gasteiger partial charge in [-0.15, -0.1) is 0 Å². The van der Waals surface area contributed by atoms with Crippen LogP contribution >= 0.6 is 0 Å². The highest BCUT2D eigenvalue weighted by atomic mass is 15.2. The SMILES string of the molecule is Cc1ccc(N2CCN(C)CC2)c2c1CNC2. The second-order valence-electron chi connectivity index (χ2n) is 5.25. The Bertz CT molecular complexity index is 420. The molecule has 3 rings (SSSR count). The average Bonchev–Trinajstić information content (AvgIpc) is 2.81. The highest BCUT2D eigenvalue weighted by Crippen LogP contribution is 2.30. The van der Waals surface area contributed by atoms with Crippen molar-refractivity contribution in [3.8, 4) is 0 Å². The van der Waals surface area contributed by atoms with Gasteiger partial charge in [-0.25, -0.2) is 0 Å². The van der Waals surface area contributed by atoms with Crippen molar-refractivity contribution in [3.63, 3.8) is 0 Å². The van der Waals surface area contributed by atoms with Crippen LogP contribution in [0.2, 0.25) is 0 Å².